The first-order chi connectivity index (χ1) is 10.8. The summed E-state index contributed by atoms with van der Waals surface area (Å²) in [5, 5.41) is 12.0. The van der Waals surface area contributed by atoms with Crippen molar-refractivity contribution in [1.82, 2.24) is 4.98 Å². The van der Waals surface area contributed by atoms with Crippen molar-refractivity contribution < 1.29 is 14.7 Å². The van der Waals surface area contributed by atoms with E-state index in [4.69, 9.17) is 0 Å². The van der Waals surface area contributed by atoms with Crippen LogP contribution in [0, 0.1) is 0 Å². The minimum Gasteiger partial charge on any atom is -0.480 e. The van der Waals surface area contributed by atoms with Gasteiger partial charge in [0.2, 0.25) is 5.91 Å². The maximum Gasteiger partial charge on any atom is 0.319 e. The quantitative estimate of drug-likeness (QED) is 0.818. The number of carbonyl (C=O) groups excluding carboxylic acids is 1. The van der Waals surface area contributed by atoms with E-state index in [1.165, 1.54) is 18.7 Å². The van der Waals surface area contributed by atoms with Crippen LogP contribution in [0.25, 0.3) is 11.1 Å². The highest BCUT2D eigenvalue weighted by Crippen LogP contribution is 2.38. The van der Waals surface area contributed by atoms with Crippen LogP contribution < -0.4 is 5.32 Å². The lowest BCUT2D eigenvalue weighted by molar-refractivity contribution is -0.138. The van der Waals surface area contributed by atoms with E-state index in [9.17, 15) is 14.7 Å². The molecule has 1 amide bonds. The maximum absolute atomic E-state index is 11.3. The molecule has 2 aromatic rings. The average Bonchev–Trinajstić information content (AvgIpc) is 2.47. The molecule has 0 radical (unpaired) electrons. The molecule has 1 heterocycles. The third-order valence-electron chi connectivity index (χ3n) is 3.18. The summed E-state index contributed by atoms with van der Waals surface area (Å²) in [4.78, 5) is 27.4. The number of aliphatic carboxylic acids is 1. The fourth-order valence-electron chi connectivity index (χ4n) is 1.94. The molecule has 2 rings (SSSR count). The summed E-state index contributed by atoms with van der Waals surface area (Å²) in [6, 6.07) is 9.17. The number of amides is 1. The first-order valence-corrected chi connectivity index (χ1v) is 7.86. The molecule has 6 heteroatoms. The van der Waals surface area contributed by atoms with Gasteiger partial charge in [0.05, 0.1) is 0 Å². The number of carbonyl (C=O) groups is 2. The van der Waals surface area contributed by atoms with Gasteiger partial charge in [0.15, 0.2) is 0 Å². The van der Waals surface area contributed by atoms with Gasteiger partial charge in [-0.15, -0.1) is 11.8 Å². The van der Waals surface area contributed by atoms with Crippen molar-refractivity contribution in [2.24, 2.45) is 0 Å². The highest BCUT2D eigenvalue weighted by atomic mass is 32.2. The van der Waals surface area contributed by atoms with Gasteiger partial charge in [0, 0.05) is 35.5 Å². The third-order valence-corrected chi connectivity index (χ3v) is 4.44. The van der Waals surface area contributed by atoms with Crippen LogP contribution in [0.3, 0.4) is 0 Å². The van der Waals surface area contributed by atoms with Crippen LogP contribution in [0.15, 0.2) is 47.6 Å². The van der Waals surface area contributed by atoms with Crippen LogP contribution in [-0.4, -0.2) is 26.7 Å². The summed E-state index contributed by atoms with van der Waals surface area (Å²) in [6.45, 7) is 4.80. The van der Waals surface area contributed by atoms with Gasteiger partial charge in [-0.3, -0.25) is 14.6 Å². The Labute approximate surface area is 139 Å². The number of pyridine rings is 1. The number of thioether (sulfide) groups is 1. The molecule has 0 bridgehead atoms. The second-order valence-electron chi connectivity index (χ2n) is 5.55. The van der Waals surface area contributed by atoms with Gasteiger partial charge in [-0.05, 0) is 37.6 Å². The van der Waals surface area contributed by atoms with Crippen molar-refractivity contribution in [3.8, 4) is 11.1 Å². The minimum absolute atomic E-state index is 0.126. The molecule has 0 atom stereocenters. The Bertz CT molecular complexity index is 727. The number of anilines is 1. The standard InChI is InChI=1S/C17H18N2O3S/c1-11(20)19-13-6-4-12(5-7-13)14-10-18-9-8-15(14)23-17(2,3)16(21)22/h4-10H,1-3H3,(H,19,20)(H,21,22). The van der Waals surface area contributed by atoms with Crippen molar-refractivity contribution in [1.29, 1.82) is 0 Å². The summed E-state index contributed by atoms with van der Waals surface area (Å²) < 4.78 is -0.938. The zero-order valence-electron chi connectivity index (χ0n) is 13.2. The summed E-state index contributed by atoms with van der Waals surface area (Å²) in [7, 11) is 0. The largest absolute Gasteiger partial charge is 0.480 e. The topological polar surface area (TPSA) is 79.3 Å². The number of hydrogen-bond donors (Lipinski definition) is 2. The number of hydrogen-bond acceptors (Lipinski definition) is 4. The lowest BCUT2D eigenvalue weighted by Gasteiger charge is -2.20. The van der Waals surface area contributed by atoms with Crippen LogP contribution in [0.5, 0.6) is 0 Å². The number of rotatable bonds is 5. The molecule has 0 aliphatic heterocycles. The zero-order chi connectivity index (χ0) is 17.0. The normalized spacial score (nSPS) is 11.1. The number of nitrogens with zero attached hydrogens (tertiary/aromatic N) is 1. The molecule has 0 saturated heterocycles. The summed E-state index contributed by atoms with van der Waals surface area (Å²) >= 11 is 1.28. The van der Waals surface area contributed by atoms with E-state index in [2.05, 4.69) is 10.3 Å². The fraction of sp³-hybridized carbons (Fsp3) is 0.235. The van der Waals surface area contributed by atoms with Gasteiger partial charge in [-0.25, -0.2) is 0 Å². The van der Waals surface area contributed by atoms with E-state index in [-0.39, 0.29) is 5.91 Å². The molecule has 0 aliphatic carbocycles. The summed E-state index contributed by atoms with van der Waals surface area (Å²) in [5.41, 5.74) is 2.49. The second-order valence-corrected chi connectivity index (χ2v) is 7.21. The van der Waals surface area contributed by atoms with Crippen LogP contribution in [-0.2, 0) is 9.59 Å². The highest BCUT2D eigenvalue weighted by Gasteiger charge is 2.29. The number of carboxylic acid groups (broad SMARTS) is 1. The van der Waals surface area contributed by atoms with E-state index in [1.807, 2.05) is 18.2 Å². The predicted molar refractivity (Wildman–Crippen MR) is 91.5 cm³/mol. The Morgan fingerprint density at radius 1 is 1.17 bits per heavy atom. The molecule has 5 nitrogen and oxygen atoms in total. The fourth-order valence-corrected chi connectivity index (χ4v) is 2.99. The van der Waals surface area contributed by atoms with Crippen molar-refractivity contribution in [2.45, 2.75) is 30.4 Å². The van der Waals surface area contributed by atoms with Crippen LogP contribution in [0.1, 0.15) is 20.8 Å². The molecule has 0 spiro atoms. The molecule has 23 heavy (non-hydrogen) atoms. The third kappa shape index (κ3) is 4.32. The Balaban J connectivity index is 2.33. The molecule has 2 N–H and O–H groups in total. The maximum atomic E-state index is 11.3. The highest BCUT2D eigenvalue weighted by molar-refractivity contribution is 8.01. The number of nitrogens with one attached hydrogen (secondary N) is 1. The predicted octanol–water partition coefficient (Wildman–Crippen LogP) is 3.66. The lowest BCUT2D eigenvalue weighted by Crippen LogP contribution is -2.27. The molecule has 0 unspecified atom stereocenters. The zero-order valence-corrected chi connectivity index (χ0v) is 14.0. The molecule has 0 fully saturated rings. The Morgan fingerprint density at radius 3 is 2.39 bits per heavy atom. The SMILES string of the molecule is CC(=O)Nc1ccc(-c2cnccc2SC(C)(C)C(=O)O)cc1. The van der Waals surface area contributed by atoms with Gasteiger partial charge in [0.25, 0.3) is 0 Å². The minimum atomic E-state index is -0.938. The molecule has 120 valence electrons. The number of aromatic nitrogens is 1. The van der Waals surface area contributed by atoms with E-state index in [0.717, 1.165) is 16.0 Å². The first-order valence-electron chi connectivity index (χ1n) is 7.04. The van der Waals surface area contributed by atoms with Gasteiger partial charge in [-0.2, -0.15) is 0 Å². The number of benzene rings is 1. The lowest BCUT2D eigenvalue weighted by atomic mass is 10.1. The Kier molecular flexibility index (Phi) is 5.05. The van der Waals surface area contributed by atoms with Gasteiger partial charge < -0.3 is 10.4 Å². The van der Waals surface area contributed by atoms with E-state index < -0.39 is 10.7 Å². The summed E-state index contributed by atoms with van der Waals surface area (Å²) in [5.74, 6) is -0.996. The van der Waals surface area contributed by atoms with Crippen molar-refractivity contribution >= 4 is 29.3 Å². The smallest absolute Gasteiger partial charge is 0.319 e. The van der Waals surface area contributed by atoms with Crippen molar-refractivity contribution in [2.75, 3.05) is 5.32 Å². The average molecular weight is 330 g/mol. The van der Waals surface area contributed by atoms with Gasteiger partial charge in [-0.1, -0.05) is 12.1 Å². The van der Waals surface area contributed by atoms with E-state index in [0.29, 0.717) is 5.69 Å². The van der Waals surface area contributed by atoms with Crippen molar-refractivity contribution in [3.05, 3.63) is 42.7 Å². The molecule has 1 aromatic heterocycles. The van der Waals surface area contributed by atoms with E-state index in [1.54, 1.807) is 38.4 Å². The van der Waals surface area contributed by atoms with Gasteiger partial charge >= 0.3 is 5.97 Å². The molecular formula is C17H18N2O3S. The van der Waals surface area contributed by atoms with Crippen LogP contribution >= 0.6 is 11.8 Å². The molecule has 1 aromatic carbocycles. The van der Waals surface area contributed by atoms with Crippen LogP contribution in [0.4, 0.5) is 5.69 Å². The van der Waals surface area contributed by atoms with Crippen molar-refractivity contribution in [3.63, 3.8) is 0 Å². The van der Waals surface area contributed by atoms with E-state index >= 15 is 0 Å². The Hall–Kier alpha value is -2.34. The van der Waals surface area contributed by atoms with Crippen LogP contribution in [0.2, 0.25) is 0 Å². The molecule has 0 aliphatic rings. The second kappa shape index (κ2) is 6.83. The van der Waals surface area contributed by atoms with Gasteiger partial charge in [0.1, 0.15) is 4.75 Å². The molecule has 0 saturated carbocycles. The summed E-state index contributed by atoms with van der Waals surface area (Å²) in [6.07, 6.45) is 3.36. The monoisotopic (exact) mass is 330 g/mol. The number of carboxylic acids is 1. The molecular weight excluding hydrogens is 312 g/mol. The first kappa shape index (κ1) is 17.0. The Morgan fingerprint density at radius 2 is 1.83 bits per heavy atom.